The zero-order valence-electron chi connectivity index (χ0n) is 12.0. The molecule has 4 heterocycles. The van der Waals surface area contributed by atoms with Crippen molar-refractivity contribution in [1.82, 2.24) is 19.4 Å². The molecular weight excluding hydrogens is 316 g/mol. The summed E-state index contributed by atoms with van der Waals surface area (Å²) in [5, 5.41) is 2.96. The van der Waals surface area contributed by atoms with Crippen molar-refractivity contribution in [1.29, 1.82) is 0 Å². The fourth-order valence-electron chi connectivity index (χ4n) is 2.54. The van der Waals surface area contributed by atoms with Crippen LogP contribution in [-0.2, 0) is 0 Å². The molecule has 0 atom stereocenters. The van der Waals surface area contributed by atoms with Gasteiger partial charge >= 0.3 is 0 Å². The maximum absolute atomic E-state index is 12.6. The van der Waals surface area contributed by atoms with Crippen LogP contribution in [0.3, 0.4) is 0 Å². The van der Waals surface area contributed by atoms with Gasteiger partial charge in [-0.05, 0) is 18.4 Å². The molecule has 0 aromatic carbocycles. The highest BCUT2D eigenvalue weighted by Crippen LogP contribution is 2.33. The number of hydrogen-bond acceptors (Lipinski definition) is 5. The van der Waals surface area contributed by atoms with Crippen LogP contribution < -0.4 is 0 Å². The quantitative estimate of drug-likeness (QED) is 0.741. The monoisotopic (exact) mass is 330 g/mol. The second-order valence-electron chi connectivity index (χ2n) is 5.28. The first-order chi connectivity index (χ1) is 10.7. The van der Waals surface area contributed by atoms with Crippen LogP contribution in [0.5, 0.6) is 0 Å². The van der Waals surface area contributed by atoms with Gasteiger partial charge in [0.05, 0.1) is 22.9 Å². The molecule has 1 aliphatic heterocycles. The molecule has 1 fully saturated rings. The Morgan fingerprint density at radius 2 is 2.27 bits per heavy atom. The first-order valence-corrected chi connectivity index (χ1v) is 8.70. The Morgan fingerprint density at radius 1 is 1.41 bits per heavy atom. The van der Waals surface area contributed by atoms with Gasteiger partial charge in [-0.25, -0.2) is 9.97 Å². The summed E-state index contributed by atoms with van der Waals surface area (Å²) in [5.74, 6) is 0.0918. The molecule has 1 saturated heterocycles. The fourth-order valence-corrected chi connectivity index (χ4v) is 4.37. The van der Waals surface area contributed by atoms with E-state index in [1.807, 2.05) is 35.5 Å². The molecule has 112 valence electrons. The molecule has 0 saturated carbocycles. The van der Waals surface area contributed by atoms with Gasteiger partial charge in [-0.1, -0.05) is 6.07 Å². The van der Waals surface area contributed by atoms with Gasteiger partial charge in [0, 0.05) is 25.5 Å². The van der Waals surface area contributed by atoms with E-state index in [2.05, 4.69) is 14.5 Å². The van der Waals surface area contributed by atoms with E-state index in [0.717, 1.165) is 33.5 Å². The molecule has 4 rings (SSSR count). The molecule has 0 radical (unpaired) electrons. The number of amides is 1. The van der Waals surface area contributed by atoms with Crippen LogP contribution in [0, 0.1) is 6.92 Å². The minimum Gasteiger partial charge on any atom is -0.334 e. The summed E-state index contributed by atoms with van der Waals surface area (Å²) in [6.45, 7) is 3.38. The highest BCUT2D eigenvalue weighted by Gasteiger charge is 2.33. The summed E-state index contributed by atoms with van der Waals surface area (Å²) in [6, 6.07) is 4.38. The van der Waals surface area contributed by atoms with Crippen molar-refractivity contribution in [3.8, 4) is 9.88 Å². The van der Waals surface area contributed by atoms with Gasteiger partial charge in [0.15, 0.2) is 0 Å². The molecular formula is C15H14N4OS2. The van der Waals surface area contributed by atoms with E-state index >= 15 is 0 Å². The lowest BCUT2D eigenvalue weighted by Gasteiger charge is -2.39. The van der Waals surface area contributed by atoms with Gasteiger partial charge in [0.2, 0.25) is 0 Å². The van der Waals surface area contributed by atoms with Crippen LogP contribution in [0.15, 0.2) is 36.2 Å². The number of carbonyl (C=O) groups is 1. The second-order valence-corrected chi connectivity index (χ2v) is 7.23. The number of thiophene rings is 1. The Hall–Kier alpha value is -1.99. The van der Waals surface area contributed by atoms with Crippen molar-refractivity contribution >= 4 is 28.6 Å². The van der Waals surface area contributed by atoms with Crippen LogP contribution in [0.4, 0.5) is 0 Å². The van der Waals surface area contributed by atoms with Crippen molar-refractivity contribution in [3.05, 3.63) is 46.8 Å². The number of aromatic nitrogens is 3. The molecule has 0 spiro atoms. The van der Waals surface area contributed by atoms with Crippen molar-refractivity contribution < 1.29 is 4.79 Å². The molecule has 3 aromatic heterocycles. The van der Waals surface area contributed by atoms with Crippen LogP contribution in [-0.4, -0.2) is 38.4 Å². The number of nitrogens with zero attached hydrogens (tertiary/aromatic N) is 4. The summed E-state index contributed by atoms with van der Waals surface area (Å²) in [5.41, 5.74) is 0.824. The highest BCUT2D eigenvalue weighted by atomic mass is 32.1. The third-order valence-corrected chi connectivity index (χ3v) is 6.00. The number of imidazole rings is 1. The standard InChI is InChI=1S/C15H14N4OS2/c1-10-13(22-14(17-10)12-3-2-6-21-12)15(20)19-7-11(8-19)18-5-4-16-9-18/h2-6,9,11H,7-8H2,1H3. The Kier molecular flexibility index (Phi) is 3.31. The van der Waals surface area contributed by atoms with Crippen molar-refractivity contribution in [2.75, 3.05) is 13.1 Å². The van der Waals surface area contributed by atoms with Crippen LogP contribution in [0.2, 0.25) is 0 Å². The maximum Gasteiger partial charge on any atom is 0.266 e. The SMILES string of the molecule is Cc1nc(-c2cccs2)sc1C(=O)N1CC(n2ccnc2)C1. The predicted molar refractivity (Wildman–Crippen MR) is 87.3 cm³/mol. The molecule has 0 bridgehead atoms. The molecule has 5 nitrogen and oxygen atoms in total. The third kappa shape index (κ3) is 2.26. The summed E-state index contributed by atoms with van der Waals surface area (Å²) in [6.07, 6.45) is 5.52. The maximum atomic E-state index is 12.6. The normalized spacial score (nSPS) is 15.0. The lowest BCUT2D eigenvalue weighted by atomic mass is 10.1. The third-order valence-electron chi connectivity index (χ3n) is 3.82. The van der Waals surface area contributed by atoms with Crippen molar-refractivity contribution in [2.24, 2.45) is 0 Å². The van der Waals surface area contributed by atoms with Gasteiger partial charge in [-0.15, -0.1) is 22.7 Å². The molecule has 0 aliphatic carbocycles. The van der Waals surface area contributed by atoms with E-state index < -0.39 is 0 Å². The van der Waals surface area contributed by atoms with E-state index in [4.69, 9.17) is 0 Å². The molecule has 22 heavy (non-hydrogen) atoms. The zero-order valence-corrected chi connectivity index (χ0v) is 13.6. The number of rotatable bonds is 3. The number of hydrogen-bond donors (Lipinski definition) is 0. The summed E-state index contributed by atoms with van der Waals surface area (Å²) < 4.78 is 2.06. The van der Waals surface area contributed by atoms with E-state index in [-0.39, 0.29) is 5.91 Å². The lowest BCUT2D eigenvalue weighted by Crippen LogP contribution is -2.50. The lowest BCUT2D eigenvalue weighted by molar-refractivity contribution is 0.0524. The predicted octanol–water partition coefficient (Wildman–Crippen LogP) is 3.07. The van der Waals surface area contributed by atoms with Crippen LogP contribution >= 0.6 is 22.7 Å². The summed E-state index contributed by atoms with van der Waals surface area (Å²) in [7, 11) is 0. The Morgan fingerprint density at radius 3 is 2.95 bits per heavy atom. The smallest absolute Gasteiger partial charge is 0.266 e. The molecule has 3 aromatic rings. The Balaban J connectivity index is 1.50. The molecule has 7 heteroatoms. The largest absolute Gasteiger partial charge is 0.334 e. The van der Waals surface area contributed by atoms with Gasteiger partial charge in [-0.2, -0.15) is 0 Å². The van der Waals surface area contributed by atoms with Crippen LogP contribution in [0.1, 0.15) is 21.4 Å². The Bertz CT molecular complexity index is 786. The molecule has 0 N–H and O–H groups in total. The second kappa shape index (κ2) is 5.33. The number of carbonyl (C=O) groups excluding carboxylic acids is 1. The van der Waals surface area contributed by atoms with Gasteiger partial charge in [-0.3, -0.25) is 4.79 Å². The molecule has 1 amide bonds. The minimum atomic E-state index is 0.0918. The fraction of sp³-hybridized carbons (Fsp3) is 0.267. The van der Waals surface area contributed by atoms with Crippen molar-refractivity contribution in [3.63, 3.8) is 0 Å². The number of aryl methyl sites for hydroxylation is 1. The number of likely N-dealkylation sites (tertiary alicyclic amines) is 1. The van der Waals surface area contributed by atoms with Gasteiger partial charge < -0.3 is 9.47 Å². The first-order valence-electron chi connectivity index (χ1n) is 7.00. The van der Waals surface area contributed by atoms with Gasteiger partial charge in [0.25, 0.3) is 5.91 Å². The van der Waals surface area contributed by atoms with E-state index in [1.54, 1.807) is 23.9 Å². The van der Waals surface area contributed by atoms with E-state index in [1.165, 1.54) is 11.3 Å². The summed E-state index contributed by atoms with van der Waals surface area (Å²) >= 11 is 3.14. The van der Waals surface area contributed by atoms with Crippen LogP contribution in [0.25, 0.3) is 9.88 Å². The average Bonchev–Trinajstić information content (AvgIpc) is 3.17. The van der Waals surface area contributed by atoms with E-state index in [9.17, 15) is 4.79 Å². The summed E-state index contributed by atoms with van der Waals surface area (Å²) in [4.78, 5) is 25.0. The molecule has 0 unspecified atom stereocenters. The number of thiazole rings is 1. The van der Waals surface area contributed by atoms with Gasteiger partial charge in [0.1, 0.15) is 9.88 Å². The topological polar surface area (TPSA) is 51.0 Å². The molecule has 1 aliphatic rings. The first kappa shape index (κ1) is 13.7. The van der Waals surface area contributed by atoms with Crippen molar-refractivity contribution in [2.45, 2.75) is 13.0 Å². The van der Waals surface area contributed by atoms with E-state index in [0.29, 0.717) is 6.04 Å². The average molecular weight is 330 g/mol. The Labute approximate surface area is 135 Å². The minimum absolute atomic E-state index is 0.0918. The zero-order chi connectivity index (χ0) is 15.1. The highest BCUT2D eigenvalue weighted by molar-refractivity contribution is 7.22.